The molecule has 0 heterocycles. The minimum absolute atomic E-state index is 0.0753. The molecule has 1 rings (SSSR count). The van der Waals surface area contributed by atoms with E-state index in [0.29, 0.717) is 0 Å². The lowest BCUT2D eigenvalue weighted by molar-refractivity contribution is 0.210. The van der Waals surface area contributed by atoms with E-state index in [2.05, 4.69) is 0 Å². The zero-order valence-electron chi connectivity index (χ0n) is 7.84. The predicted molar refractivity (Wildman–Crippen MR) is 54.8 cm³/mol. The van der Waals surface area contributed by atoms with Crippen LogP contribution in [0.1, 0.15) is 18.1 Å². The van der Waals surface area contributed by atoms with Gasteiger partial charge in [-0.15, -0.1) is 0 Å². The summed E-state index contributed by atoms with van der Waals surface area (Å²) in [6, 6.07) is 5.54. The largest absolute Gasteiger partial charge is 0.394 e. The second-order valence-electron chi connectivity index (χ2n) is 3.54. The fourth-order valence-corrected chi connectivity index (χ4v) is 1.21. The highest BCUT2D eigenvalue weighted by Gasteiger charge is 2.19. The van der Waals surface area contributed by atoms with Crippen molar-refractivity contribution >= 4 is 11.6 Å². The SMILES string of the molecule is Cc1cc(C(C)(N)CO)ccc1Cl. The van der Waals surface area contributed by atoms with E-state index in [1.54, 1.807) is 13.0 Å². The van der Waals surface area contributed by atoms with Gasteiger partial charge in [-0.1, -0.05) is 23.7 Å². The van der Waals surface area contributed by atoms with E-state index >= 15 is 0 Å². The number of halogens is 1. The first-order valence-corrected chi connectivity index (χ1v) is 4.51. The van der Waals surface area contributed by atoms with Gasteiger partial charge in [-0.05, 0) is 31.0 Å². The summed E-state index contributed by atoms with van der Waals surface area (Å²) in [6.45, 7) is 3.63. The first kappa shape index (κ1) is 10.5. The first-order chi connectivity index (χ1) is 5.97. The lowest BCUT2D eigenvalue weighted by Crippen LogP contribution is -2.36. The molecule has 1 aromatic carbocycles. The van der Waals surface area contributed by atoms with Gasteiger partial charge in [0, 0.05) is 5.02 Å². The van der Waals surface area contributed by atoms with Crippen molar-refractivity contribution in [2.24, 2.45) is 5.73 Å². The van der Waals surface area contributed by atoms with Gasteiger partial charge in [0.15, 0.2) is 0 Å². The lowest BCUT2D eigenvalue weighted by Gasteiger charge is -2.22. The highest BCUT2D eigenvalue weighted by molar-refractivity contribution is 6.31. The second-order valence-corrected chi connectivity index (χ2v) is 3.95. The molecule has 3 heteroatoms. The maximum Gasteiger partial charge on any atom is 0.0650 e. The number of benzene rings is 1. The van der Waals surface area contributed by atoms with Crippen LogP contribution in [-0.4, -0.2) is 11.7 Å². The molecule has 1 unspecified atom stereocenters. The van der Waals surface area contributed by atoms with Gasteiger partial charge in [-0.25, -0.2) is 0 Å². The maximum atomic E-state index is 9.05. The number of aliphatic hydroxyl groups excluding tert-OH is 1. The Labute approximate surface area is 83.3 Å². The van der Waals surface area contributed by atoms with Crippen LogP contribution in [0.5, 0.6) is 0 Å². The molecule has 2 nitrogen and oxygen atoms in total. The van der Waals surface area contributed by atoms with Gasteiger partial charge >= 0.3 is 0 Å². The number of nitrogens with two attached hydrogens (primary N) is 1. The standard InChI is InChI=1S/C10H14ClNO/c1-7-5-8(3-4-9(7)11)10(2,12)6-13/h3-5,13H,6,12H2,1-2H3. The van der Waals surface area contributed by atoms with Crippen LogP contribution in [0.3, 0.4) is 0 Å². The van der Waals surface area contributed by atoms with Crippen molar-refractivity contribution in [3.05, 3.63) is 34.3 Å². The first-order valence-electron chi connectivity index (χ1n) is 4.14. The van der Waals surface area contributed by atoms with E-state index in [4.69, 9.17) is 22.4 Å². The summed E-state index contributed by atoms with van der Waals surface area (Å²) in [5.74, 6) is 0. The van der Waals surface area contributed by atoms with Crippen molar-refractivity contribution in [3.8, 4) is 0 Å². The molecule has 3 N–H and O–H groups in total. The van der Waals surface area contributed by atoms with Crippen molar-refractivity contribution in [2.75, 3.05) is 6.61 Å². The fraction of sp³-hybridized carbons (Fsp3) is 0.400. The van der Waals surface area contributed by atoms with E-state index in [9.17, 15) is 0 Å². The zero-order valence-corrected chi connectivity index (χ0v) is 8.60. The molecule has 0 saturated heterocycles. The Balaban J connectivity index is 3.10. The summed E-state index contributed by atoms with van der Waals surface area (Å²) in [6.07, 6.45) is 0. The minimum Gasteiger partial charge on any atom is -0.394 e. The molecule has 0 saturated carbocycles. The van der Waals surface area contributed by atoms with Crippen LogP contribution in [0, 0.1) is 6.92 Å². The van der Waals surface area contributed by atoms with Crippen LogP contribution in [0.25, 0.3) is 0 Å². The molecule has 0 amide bonds. The Hall–Kier alpha value is -0.570. The summed E-state index contributed by atoms with van der Waals surface area (Å²) >= 11 is 5.87. The van der Waals surface area contributed by atoms with Gasteiger partial charge in [-0.3, -0.25) is 0 Å². The lowest BCUT2D eigenvalue weighted by atomic mass is 9.93. The normalized spacial score (nSPS) is 15.5. The van der Waals surface area contributed by atoms with Crippen molar-refractivity contribution in [1.82, 2.24) is 0 Å². The molecule has 0 aliphatic carbocycles. The Kier molecular flexibility index (Phi) is 2.96. The van der Waals surface area contributed by atoms with Gasteiger partial charge < -0.3 is 10.8 Å². The van der Waals surface area contributed by atoms with Crippen LogP contribution in [0.4, 0.5) is 0 Å². The average Bonchev–Trinajstić information content (AvgIpc) is 2.09. The topological polar surface area (TPSA) is 46.2 Å². The summed E-state index contributed by atoms with van der Waals surface area (Å²) in [4.78, 5) is 0. The van der Waals surface area contributed by atoms with Crippen molar-refractivity contribution in [3.63, 3.8) is 0 Å². The average molecular weight is 200 g/mol. The monoisotopic (exact) mass is 199 g/mol. The molecule has 0 spiro atoms. The van der Waals surface area contributed by atoms with Crippen LogP contribution < -0.4 is 5.73 Å². The molecular formula is C10H14ClNO. The molecule has 0 fully saturated rings. The van der Waals surface area contributed by atoms with Gasteiger partial charge in [0.1, 0.15) is 0 Å². The van der Waals surface area contributed by atoms with E-state index in [1.165, 1.54) is 0 Å². The van der Waals surface area contributed by atoms with E-state index in [-0.39, 0.29) is 6.61 Å². The van der Waals surface area contributed by atoms with E-state index in [0.717, 1.165) is 16.1 Å². The van der Waals surface area contributed by atoms with Crippen LogP contribution in [-0.2, 0) is 5.54 Å². The highest BCUT2D eigenvalue weighted by Crippen LogP contribution is 2.22. The number of rotatable bonds is 2. The Morgan fingerprint density at radius 3 is 2.62 bits per heavy atom. The summed E-state index contributed by atoms with van der Waals surface area (Å²) in [7, 11) is 0. The molecule has 1 aromatic rings. The molecule has 0 aliphatic rings. The van der Waals surface area contributed by atoms with E-state index in [1.807, 2.05) is 19.1 Å². The Bertz CT molecular complexity index is 310. The van der Waals surface area contributed by atoms with Gasteiger partial charge in [-0.2, -0.15) is 0 Å². The van der Waals surface area contributed by atoms with Crippen molar-refractivity contribution in [2.45, 2.75) is 19.4 Å². The van der Waals surface area contributed by atoms with Crippen LogP contribution >= 0.6 is 11.6 Å². The fourth-order valence-electron chi connectivity index (χ4n) is 1.09. The molecule has 0 radical (unpaired) electrons. The van der Waals surface area contributed by atoms with Crippen molar-refractivity contribution < 1.29 is 5.11 Å². The van der Waals surface area contributed by atoms with E-state index < -0.39 is 5.54 Å². The predicted octanol–water partition coefficient (Wildman–Crippen LogP) is 1.81. The molecule has 1 atom stereocenters. The second kappa shape index (κ2) is 3.66. The maximum absolute atomic E-state index is 9.05. The number of aryl methyl sites for hydroxylation is 1. The molecule has 0 aliphatic heterocycles. The third-order valence-corrected chi connectivity index (χ3v) is 2.57. The molecule has 0 bridgehead atoms. The smallest absolute Gasteiger partial charge is 0.0650 e. The quantitative estimate of drug-likeness (QED) is 0.763. The number of aliphatic hydroxyl groups is 1. The zero-order chi connectivity index (χ0) is 10.1. The molecule has 0 aromatic heterocycles. The van der Waals surface area contributed by atoms with Gasteiger partial charge in [0.05, 0.1) is 12.1 Å². The van der Waals surface area contributed by atoms with Crippen LogP contribution in [0.2, 0.25) is 5.02 Å². The van der Waals surface area contributed by atoms with Gasteiger partial charge in [0.2, 0.25) is 0 Å². The number of hydrogen-bond acceptors (Lipinski definition) is 2. The summed E-state index contributed by atoms with van der Waals surface area (Å²) in [5, 5.41) is 9.77. The minimum atomic E-state index is -0.685. The van der Waals surface area contributed by atoms with Crippen LogP contribution in [0.15, 0.2) is 18.2 Å². The molecule has 72 valence electrons. The number of hydrogen-bond donors (Lipinski definition) is 2. The summed E-state index contributed by atoms with van der Waals surface area (Å²) in [5.41, 5.74) is 7.05. The Morgan fingerprint density at radius 2 is 2.15 bits per heavy atom. The van der Waals surface area contributed by atoms with Gasteiger partial charge in [0.25, 0.3) is 0 Å². The Morgan fingerprint density at radius 1 is 1.54 bits per heavy atom. The molecule has 13 heavy (non-hydrogen) atoms. The molecular weight excluding hydrogens is 186 g/mol. The van der Waals surface area contributed by atoms with Crippen molar-refractivity contribution in [1.29, 1.82) is 0 Å². The third-order valence-electron chi connectivity index (χ3n) is 2.15. The highest BCUT2D eigenvalue weighted by atomic mass is 35.5. The summed E-state index contributed by atoms with van der Waals surface area (Å²) < 4.78 is 0. The third kappa shape index (κ3) is 2.21.